The number of thiazole rings is 1. The van der Waals surface area contributed by atoms with Crippen LogP contribution in [0.4, 0.5) is 0 Å². The van der Waals surface area contributed by atoms with Gasteiger partial charge in [-0.2, -0.15) is 0 Å². The van der Waals surface area contributed by atoms with Crippen molar-refractivity contribution in [1.29, 1.82) is 0 Å². The lowest BCUT2D eigenvalue weighted by Gasteiger charge is -2.21. The molecule has 5 nitrogen and oxygen atoms in total. The van der Waals surface area contributed by atoms with E-state index in [1.165, 1.54) is 12.7 Å². The predicted molar refractivity (Wildman–Crippen MR) is 73.4 cm³/mol. The minimum absolute atomic E-state index is 0.602. The summed E-state index contributed by atoms with van der Waals surface area (Å²) in [5.41, 5.74) is 1.25. The Morgan fingerprint density at radius 2 is 2.33 bits per heavy atom. The summed E-state index contributed by atoms with van der Waals surface area (Å²) in [6.45, 7) is 2.03. The highest BCUT2D eigenvalue weighted by molar-refractivity contribution is 7.14. The molecule has 0 atom stereocenters. The SMILES string of the molecule is CO/N=C\c1sc(C2=CCCN(C)C2)nc1OC. The molecule has 0 saturated carbocycles. The van der Waals surface area contributed by atoms with Crippen LogP contribution in [-0.4, -0.2) is 50.5 Å². The Hall–Kier alpha value is -1.40. The highest BCUT2D eigenvalue weighted by Crippen LogP contribution is 2.30. The number of likely N-dealkylation sites (N-methyl/N-ethyl adjacent to an activating group) is 1. The first-order chi connectivity index (χ1) is 8.74. The summed E-state index contributed by atoms with van der Waals surface area (Å²) in [5, 5.41) is 4.76. The summed E-state index contributed by atoms with van der Waals surface area (Å²) in [5.74, 6) is 0.602. The molecule has 0 unspecified atom stereocenters. The molecular weight excluding hydrogens is 250 g/mol. The van der Waals surface area contributed by atoms with Gasteiger partial charge in [0.2, 0.25) is 5.88 Å². The Morgan fingerprint density at radius 3 is 3.00 bits per heavy atom. The predicted octanol–water partition coefficient (Wildman–Crippen LogP) is 1.85. The monoisotopic (exact) mass is 267 g/mol. The standard InChI is InChI=1S/C12H17N3O2S/c1-15-6-4-5-9(8-15)12-14-11(16-2)10(18-12)7-13-17-3/h5,7H,4,6,8H2,1-3H3/b13-7-. The summed E-state index contributed by atoms with van der Waals surface area (Å²) >= 11 is 1.57. The molecule has 0 aromatic carbocycles. The van der Waals surface area contributed by atoms with E-state index >= 15 is 0 Å². The molecule has 1 aromatic heterocycles. The molecule has 18 heavy (non-hydrogen) atoms. The minimum atomic E-state index is 0.602. The third kappa shape index (κ3) is 2.88. The number of aromatic nitrogens is 1. The number of hydrogen-bond acceptors (Lipinski definition) is 6. The van der Waals surface area contributed by atoms with Crippen LogP contribution in [0, 0.1) is 0 Å². The van der Waals surface area contributed by atoms with Crippen LogP contribution in [0.5, 0.6) is 5.88 Å². The molecular formula is C12H17N3O2S. The van der Waals surface area contributed by atoms with Gasteiger partial charge in [0.25, 0.3) is 0 Å². The van der Waals surface area contributed by atoms with Crippen LogP contribution in [0.1, 0.15) is 16.3 Å². The zero-order valence-corrected chi connectivity index (χ0v) is 11.7. The van der Waals surface area contributed by atoms with E-state index in [1.54, 1.807) is 24.7 Å². The smallest absolute Gasteiger partial charge is 0.234 e. The number of methoxy groups -OCH3 is 1. The van der Waals surface area contributed by atoms with Gasteiger partial charge in [0.15, 0.2) is 0 Å². The van der Waals surface area contributed by atoms with Crippen LogP contribution in [0.3, 0.4) is 0 Å². The van der Waals surface area contributed by atoms with Gasteiger partial charge in [-0.25, -0.2) is 4.98 Å². The quantitative estimate of drug-likeness (QED) is 0.617. The summed E-state index contributed by atoms with van der Waals surface area (Å²) in [4.78, 5) is 12.3. The second kappa shape index (κ2) is 5.97. The Balaban J connectivity index is 2.26. The fourth-order valence-corrected chi connectivity index (χ4v) is 2.76. The van der Waals surface area contributed by atoms with Gasteiger partial charge in [-0.05, 0) is 19.0 Å². The number of rotatable bonds is 4. The van der Waals surface area contributed by atoms with Crippen molar-refractivity contribution in [3.63, 3.8) is 0 Å². The third-order valence-corrected chi connectivity index (χ3v) is 3.75. The van der Waals surface area contributed by atoms with Gasteiger partial charge in [-0.3, -0.25) is 0 Å². The van der Waals surface area contributed by atoms with Crippen LogP contribution in [0.2, 0.25) is 0 Å². The lowest BCUT2D eigenvalue weighted by molar-refractivity contribution is 0.215. The van der Waals surface area contributed by atoms with E-state index in [9.17, 15) is 0 Å². The van der Waals surface area contributed by atoms with Gasteiger partial charge >= 0.3 is 0 Å². The second-order valence-electron chi connectivity index (χ2n) is 4.07. The maximum atomic E-state index is 5.25. The largest absolute Gasteiger partial charge is 0.480 e. The fraction of sp³-hybridized carbons (Fsp3) is 0.500. The zero-order valence-electron chi connectivity index (χ0n) is 10.8. The zero-order chi connectivity index (χ0) is 13.0. The summed E-state index contributed by atoms with van der Waals surface area (Å²) in [6.07, 6.45) is 4.94. The molecule has 0 bridgehead atoms. The van der Waals surface area contributed by atoms with Crippen molar-refractivity contribution in [1.82, 2.24) is 9.88 Å². The molecule has 0 radical (unpaired) electrons. The van der Waals surface area contributed by atoms with Crippen LogP contribution in [0.25, 0.3) is 5.57 Å². The Morgan fingerprint density at radius 1 is 1.50 bits per heavy atom. The van der Waals surface area contributed by atoms with Gasteiger partial charge in [0.05, 0.1) is 13.3 Å². The van der Waals surface area contributed by atoms with E-state index in [1.807, 2.05) is 0 Å². The summed E-state index contributed by atoms with van der Waals surface area (Å²) in [7, 11) is 5.25. The molecule has 0 N–H and O–H groups in total. The fourth-order valence-electron chi connectivity index (χ4n) is 1.83. The number of hydrogen-bond donors (Lipinski definition) is 0. The average Bonchev–Trinajstić information content (AvgIpc) is 2.79. The van der Waals surface area contributed by atoms with Crippen molar-refractivity contribution in [3.05, 3.63) is 16.0 Å². The highest BCUT2D eigenvalue weighted by Gasteiger charge is 2.17. The Labute approximate surface area is 111 Å². The first-order valence-electron chi connectivity index (χ1n) is 5.74. The van der Waals surface area contributed by atoms with Gasteiger partial charge in [0, 0.05) is 13.1 Å². The molecule has 1 aromatic rings. The molecule has 0 aliphatic carbocycles. The van der Waals surface area contributed by atoms with Crippen molar-refractivity contribution in [2.45, 2.75) is 6.42 Å². The van der Waals surface area contributed by atoms with Crippen molar-refractivity contribution in [3.8, 4) is 5.88 Å². The Kier molecular flexibility index (Phi) is 4.33. The van der Waals surface area contributed by atoms with Gasteiger partial charge in [0.1, 0.15) is 17.0 Å². The highest BCUT2D eigenvalue weighted by atomic mass is 32.1. The molecule has 98 valence electrons. The van der Waals surface area contributed by atoms with Crippen molar-refractivity contribution in [2.24, 2.45) is 5.16 Å². The van der Waals surface area contributed by atoms with Crippen molar-refractivity contribution < 1.29 is 9.57 Å². The molecule has 2 rings (SSSR count). The van der Waals surface area contributed by atoms with Crippen molar-refractivity contribution >= 4 is 23.1 Å². The second-order valence-corrected chi connectivity index (χ2v) is 5.10. The number of nitrogens with zero attached hydrogens (tertiary/aromatic N) is 3. The molecule has 0 amide bonds. The van der Waals surface area contributed by atoms with Gasteiger partial charge < -0.3 is 14.5 Å². The van der Waals surface area contributed by atoms with E-state index < -0.39 is 0 Å². The lowest BCUT2D eigenvalue weighted by atomic mass is 10.1. The number of ether oxygens (including phenoxy) is 1. The lowest BCUT2D eigenvalue weighted by Crippen LogP contribution is -2.24. The molecule has 2 heterocycles. The maximum absolute atomic E-state index is 5.25. The first kappa shape index (κ1) is 13.0. The summed E-state index contributed by atoms with van der Waals surface area (Å²) in [6, 6.07) is 0. The summed E-state index contributed by atoms with van der Waals surface area (Å²) < 4.78 is 5.25. The van der Waals surface area contributed by atoms with E-state index in [2.05, 4.69) is 33.0 Å². The number of oxime groups is 1. The normalized spacial score (nSPS) is 16.9. The molecule has 6 heteroatoms. The minimum Gasteiger partial charge on any atom is -0.480 e. The molecule has 1 aliphatic rings. The van der Waals surface area contributed by atoms with Gasteiger partial charge in [-0.15, -0.1) is 11.3 Å². The first-order valence-corrected chi connectivity index (χ1v) is 6.55. The molecule has 0 fully saturated rings. The molecule has 0 saturated heterocycles. The third-order valence-electron chi connectivity index (χ3n) is 2.71. The van der Waals surface area contributed by atoms with E-state index in [0.29, 0.717) is 5.88 Å². The van der Waals surface area contributed by atoms with E-state index in [0.717, 1.165) is 29.4 Å². The molecule has 0 spiro atoms. The molecule has 1 aliphatic heterocycles. The van der Waals surface area contributed by atoms with Crippen molar-refractivity contribution in [2.75, 3.05) is 34.4 Å². The van der Waals surface area contributed by atoms with Crippen LogP contribution in [0.15, 0.2) is 11.2 Å². The van der Waals surface area contributed by atoms with E-state index in [-0.39, 0.29) is 0 Å². The van der Waals surface area contributed by atoms with E-state index in [4.69, 9.17) is 4.74 Å². The van der Waals surface area contributed by atoms with Crippen LogP contribution < -0.4 is 4.74 Å². The topological polar surface area (TPSA) is 47.0 Å². The average molecular weight is 267 g/mol. The van der Waals surface area contributed by atoms with Crippen LogP contribution >= 0.6 is 11.3 Å². The maximum Gasteiger partial charge on any atom is 0.234 e. The van der Waals surface area contributed by atoms with Crippen LogP contribution in [-0.2, 0) is 4.84 Å². The van der Waals surface area contributed by atoms with Gasteiger partial charge in [-0.1, -0.05) is 11.2 Å². The Bertz CT molecular complexity index is 468.